The molecule has 0 aliphatic carbocycles. The zero-order valence-electron chi connectivity index (χ0n) is 15.9. The summed E-state index contributed by atoms with van der Waals surface area (Å²) < 4.78 is 6.51. The van der Waals surface area contributed by atoms with Crippen LogP contribution in [0, 0.1) is 13.8 Å². The number of para-hydroxylation sites is 2. The van der Waals surface area contributed by atoms with Crippen molar-refractivity contribution in [1.29, 1.82) is 0 Å². The van der Waals surface area contributed by atoms with Gasteiger partial charge in [0.25, 0.3) is 11.5 Å². The third kappa shape index (κ3) is 3.24. The number of methoxy groups -OCH3 is 1. The number of carbonyl (C=O) groups is 2. The van der Waals surface area contributed by atoms with E-state index in [4.69, 9.17) is 10.5 Å². The first kappa shape index (κ1) is 19.6. The maximum absolute atomic E-state index is 13.0. The fraction of sp³-hybridized carbons (Fsp3) is 0.263. The molecule has 9 heteroatoms. The van der Waals surface area contributed by atoms with Gasteiger partial charge in [0.15, 0.2) is 0 Å². The molecule has 8 nitrogen and oxygen atoms in total. The van der Waals surface area contributed by atoms with Crippen LogP contribution < -0.4 is 21.3 Å². The average Bonchev–Trinajstić information content (AvgIpc) is 2.98. The van der Waals surface area contributed by atoms with Gasteiger partial charge >= 0.3 is 0 Å². The van der Waals surface area contributed by atoms with Gasteiger partial charge in [0.2, 0.25) is 5.91 Å². The van der Waals surface area contributed by atoms with Gasteiger partial charge in [-0.3, -0.25) is 19.0 Å². The van der Waals surface area contributed by atoms with Crippen LogP contribution in [0.15, 0.2) is 29.1 Å². The summed E-state index contributed by atoms with van der Waals surface area (Å²) in [6.07, 6.45) is 0. The second-order valence-corrected chi connectivity index (χ2v) is 7.30. The lowest BCUT2D eigenvalue weighted by atomic mass is 10.2. The summed E-state index contributed by atoms with van der Waals surface area (Å²) in [4.78, 5) is 42.6. The Balaban J connectivity index is 2.10. The Morgan fingerprint density at radius 1 is 1.29 bits per heavy atom. The molecule has 0 saturated heterocycles. The number of anilines is 1. The van der Waals surface area contributed by atoms with Crippen LogP contribution in [0.5, 0.6) is 5.75 Å². The molecule has 0 aliphatic rings. The molecule has 2 amide bonds. The molecular formula is C19H20N4O4S. The molecule has 3 rings (SSSR count). The Morgan fingerprint density at radius 3 is 2.61 bits per heavy atom. The first-order valence-corrected chi connectivity index (χ1v) is 9.33. The molecule has 28 heavy (non-hydrogen) atoms. The van der Waals surface area contributed by atoms with Crippen molar-refractivity contribution < 1.29 is 14.3 Å². The number of carbonyl (C=O) groups excluding carboxylic acids is 2. The fourth-order valence-electron chi connectivity index (χ4n) is 3.02. The summed E-state index contributed by atoms with van der Waals surface area (Å²) in [5.41, 5.74) is 6.00. The van der Waals surface area contributed by atoms with Crippen molar-refractivity contribution in [2.24, 2.45) is 5.73 Å². The van der Waals surface area contributed by atoms with Gasteiger partial charge in [-0.2, -0.15) is 0 Å². The number of amides is 2. The topological polar surface area (TPSA) is 116 Å². The van der Waals surface area contributed by atoms with E-state index in [-0.39, 0.29) is 11.5 Å². The molecule has 1 aromatic carbocycles. The lowest BCUT2D eigenvalue weighted by Gasteiger charge is -2.14. The molecule has 2 heterocycles. The van der Waals surface area contributed by atoms with Crippen molar-refractivity contribution in [3.63, 3.8) is 0 Å². The van der Waals surface area contributed by atoms with E-state index in [0.717, 1.165) is 11.3 Å². The van der Waals surface area contributed by atoms with E-state index in [2.05, 4.69) is 10.3 Å². The van der Waals surface area contributed by atoms with Gasteiger partial charge in [-0.1, -0.05) is 12.1 Å². The maximum Gasteiger partial charge on any atom is 0.266 e. The minimum absolute atomic E-state index is 0.314. The quantitative estimate of drug-likeness (QED) is 0.682. The number of nitrogens with zero attached hydrogens (tertiary/aromatic N) is 2. The smallest absolute Gasteiger partial charge is 0.266 e. The van der Waals surface area contributed by atoms with Crippen LogP contribution in [0.1, 0.15) is 34.0 Å². The number of nitrogens with two attached hydrogens (primary N) is 1. The Morgan fingerprint density at radius 2 is 1.96 bits per heavy atom. The number of aryl methyl sites for hydroxylation is 2. The molecule has 1 atom stereocenters. The number of nitrogens with one attached hydrogen (secondary N) is 1. The number of benzene rings is 1. The molecule has 0 radical (unpaired) electrons. The highest BCUT2D eigenvalue weighted by Crippen LogP contribution is 2.30. The lowest BCUT2D eigenvalue weighted by Crippen LogP contribution is -2.34. The molecule has 146 valence electrons. The van der Waals surface area contributed by atoms with Crippen molar-refractivity contribution >= 4 is 39.1 Å². The summed E-state index contributed by atoms with van der Waals surface area (Å²) in [6.45, 7) is 4.86. The van der Waals surface area contributed by atoms with Crippen LogP contribution in [-0.4, -0.2) is 28.5 Å². The zero-order valence-corrected chi connectivity index (χ0v) is 16.7. The number of thiophene rings is 1. The third-order valence-corrected chi connectivity index (χ3v) is 5.72. The Kier molecular flexibility index (Phi) is 5.19. The minimum Gasteiger partial charge on any atom is -0.495 e. The van der Waals surface area contributed by atoms with Crippen LogP contribution in [0.2, 0.25) is 0 Å². The number of aromatic nitrogens is 2. The van der Waals surface area contributed by atoms with Crippen molar-refractivity contribution in [2.45, 2.75) is 26.8 Å². The Labute approximate surface area is 165 Å². The van der Waals surface area contributed by atoms with E-state index in [1.165, 1.54) is 11.7 Å². The number of primary amides is 1. The fourth-order valence-corrected chi connectivity index (χ4v) is 4.14. The molecule has 0 fully saturated rings. The highest BCUT2D eigenvalue weighted by Gasteiger charge is 2.24. The lowest BCUT2D eigenvalue weighted by molar-refractivity contribution is -0.120. The van der Waals surface area contributed by atoms with Gasteiger partial charge in [-0.15, -0.1) is 11.3 Å². The van der Waals surface area contributed by atoms with E-state index < -0.39 is 11.9 Å². The SMILES string of the molecule is COc1ccccc1NC(=O)c1sc2nc(C)n(C(C)C(N)=O)c(=O)c2c1C. The number of fused-ring (bicyclic) bond motifs is 1. The normalized spacial score (nSPS) is 12.0. The van der Waals surface area contributed by atoms with Crippen LogP contribution in [-0.2, 0) is 4.79 Å². The second-order valence-electron chi connectivity index (χ2n) is 6.30. The van der Waals surface area contributed by atoms with Gasteiger partial charge in [0, 0.05) is 0 Å². The van der Waals surface area contributed by atoms with Crippen LogP contribution in [0.3, 0.4) is 0 Å². The number of hydrogen-bond acceptors (Lipinski definition) is 6. The predicted octanol–water partition coefficient (Wildman–Crippen LogP) is 2.38. The standard InChI is InChI=1S/C19H20N4O4S/c1-9-14-18(21-11(3)23(19(14)26)10(2)16(20)24)28-15(9)17(25)22-12-7-5-6-8-13(12)27-4/h5-8,10H,1-4H3,(H2,20,24)(H,22,25). The molecule has 0 spiro atoms. The van der Waals surface area contributed by atoms with Gasteiger partial charge in [-0.25, -0.2) is 4.98 Å². The van der Waals surface area contributed by atoms with Crippen molar-refractivity contribution in [2.75, 3.05) is 12.4 Å². The van der Waals surface area contributed by atoms with Crippen molar-refractivity contribution in [1.82, 2.24) is 9.55 Å². The highest BCUT2D eigenvalue weighted by atomic mass is 32.1. The summed E-state index contributed by atoms with van der Waals surface area (Å²) in [7, 11) is 1.52. The highest BCUT2D eigenvalue weighted by molar-refractivity contribution is 7.20. The van der Waals surface area contributed by atoms with Gasteiger partial charge in [-0.05, 0) is 38.5 Å². The zero-order chi connectivity index (χ0) is 20.6. The number of hydrogen-bond donors (Lipinski definition) is 2. The first-order valence-electron chi connectivity index (χ1n) is 8.52. The molecule has 2 aromatic heterocycles. The van der Waals surface area contributed by atoms with Gasteiger partial charge < -0.3 is 15.8 Å². The van der Waals surface area contributed by atoms with Crippen LogP contribution in [0.25, 0.3) is 10.2 Å². The summed E-state index contributed by atoms with van der Waals surface area (Å²) in [5.74, 6) is -0.104. The average molecular weight is 400 g/mol. The van der Waals surface area contributed by atoms with E-state index in [9.17, 15) is 14.4 Å². The minimum atomic E-state index is -0.838. The van der Waals surface area contributed by atoms with Gasteiger partial charge in [0.05, 0.1) is 23.1 Å². The Bertz CT molecular complexity index is 1150. The summed E-state index contributed by atoms with van der Waals surface area (Å²) in [5, 5.41) is 3.12. The van der Waals surface area contributed by atoms with Crippen molar-refractivity contribution in [3.05, 3.63) is 50.9 Å². The number of rotatable bonds is 5. The first-order chi connectivity index (χ1) is 13.3. The predicted molar refractivity (Wildman–Crippen MR) is 108 cm³/mol. The largest absolute Gasteiger partial charge is 0.495 e. The maximum atomic E-state index is 13.0. The third-order valence-electron chi connectivity index (χ3n) is 4.53. The van der Waals surface area contributed by atoms with E-state index in [1.807, 2.05) is 0 Å². The Hall–Kier alpha value is -3.20. The molecular weight excluding hydrogens is 380 g/mol. The molecule has 1 unspecified atom stereocenters. The van der Waals surface area contributed by atoms with E-state index in [1.54, 1.807) is 45.0 Å². The molecule has 3 aromatic rings. The monoisotopic (exact) mass is 400 g/mol. The molecule has 0 saturated carbocycles. The van der Waals surface area contributed by atoms with Crippen molar-refractivity contribution in [3.8, 4) is 5.75 Å². The van der Waals surface area contributed by atoms with E-state index in [0.29, 0.717) is 37.9 Å². The second kappa shape index (κ2) is 7.43. The molecule has 0 bridgehead atoms. The van der Waals surface area contributed by atoms with Crippen LogP contribution in [0.4, 0.5) is 5.69 Å². The summed E-state index contributed by atoms with van der Waals surface area (Å²) in [6, 6.07) is 6.21. The molecule has 0 aliphatic heterocycles. The number of ether oxygens (including phenoxy) is 1. The van der Waals surface area contributed by atoms with Gasteiger partial charge in [0.1, 0.15) is 22.4 Å². The van der Waals surface area contributed by atoms with Crippen LogP contribution >= 0.6 is 11.3 Å². The van der Waals surface area contributed by atoms with E-state index >= 15 is 0 Å². The summed E-state index contributed by atoms with van der Waals surface area (Å²) >= 11 is 1.13. The molecule has 3 N–H and O–H groups in total.